The summed E-state index contributed by atoms with van der Waals surface area (Å²) in [6.07, 6.45) is 4.49. The number of thioether (sulfide) groups is 1. The van der Waals surface area contributed by atoms with Crippen molar-refractivity contribution in [2.45, 2.75) is 32.9 Å². The minimum Gasteiger partial charge on any atom is -0.377 e. The maximum Gasteiger partial charge on any atom is 0.193 e. The second-order valence-corrected chi connectivity index (χ2v) is 6.20. The van der Waals surface area contributed by atoms with Crippen LogP contribution in [0, 0.1) is 0 Å². The third-order valence-electron chi connectivity index (χ3n) is 3.24. The van der Waals surface area contributed by atoms with Crippen molar-refractivity contribution in [2.24, 2.45) is 0 Å². The van der Waals surface area contributed by atoms with Crippen LogP contribution in [0.1, 0.15) is 19.4 Å². The van der Waals surface area contributed by atoms with Crippen LogP contribution in [-0.4, -0.2) is 33.9 Å². The molecule has 0 saturated heterocycles. The minimum absolute atomic E-state index is 0.183. The molecule has 1 aromatic heterocycles. The summed E-state index contributed by atoms with van der Waals surface area (Å²) in [5.41, 5.74) is 3.03. The highest BCUT2D eigenvalue weighted by Gasteiger charge is 2.05. The molecule has 4 nitrogen and oxygen atoms in total. The van der Waals surface area contributed by atoms with E-state index in [9.17, 15) is 4.79 Å². The molecule has 2 aromatic rings. The average Bonchev–Trinajstić information content (AvgIpc) is 2.96. The van der Waals surface area contributed by atoms with Gasteiger partial charge in [0.25, 0.3) is 0 Å². The monoisotopic (exact) mass is 318 g/mol. The lowest BCUT2D eigenvalue weighted by Gasteiger charge is -2.07. The number of aromatic nitrogens is 2. The van der Waals surface area contributed by atoms with E-state index < -0.39 is 0 Å². The highest BCUT2D eigenvalue weighted by Crippen LogP contribution is 2.18. The first-order valence-corrected chi connectivity index (χ1v) is 8.62. The molecule has 0 aliphatic carbocycles. The minimum atomic E-state index is 0.183. The Morgan fingerprint density at radius 1 is 1.27 bits per heavy atom. The predicted octanol–water partition coefficient (Wildman–Crippen LogP) is 3.41. The lowest BCUT2D eigenvalue weighted by atomic mass is 10.1. The number of ether oxygens (including phenoxy) is 1. The second-order valence-electron chi connectivity index (χ2n) is 5.33. The van der Waals surface area contributed by atoms with Crippen LogP contribution in [0.25, 0.3) is 11.3 Å². The van der Waals surface area contributed by atoms with Crippen molar-refractivity contribution in [3.8, 4) is 11.3 Å². The molecule has 0 radical (unpaired) electrons. The molecule has 0 amide bonds. The maximum absolute atomic E-state index is 11.4. The van der Waals surface area contributed by atoms with Gasteiger partial charge in [0, 0.05) is 18.2 Å². The summed E-state index contributed by atoms with van der Waals surface area (Å²) in [6.45, 7) is 5.46. The standard InChI is InChI=1S/C17H22N2O2S/c1-13(2)21-11-10-19-9-8-16(18-19)15-6-4-14(5-7-15)12-17(20)22-3/h4-9,13H,10-12H2,1-3H3. The van der Waals surface area contributed by atoms with Gasteiger partial charge in [0.05, 0.1) is 24.9 Å². The van der Waals surface area contributed by atoms with E-state index in [2.05, 4.69) is 5.10 Å². The summed E-state index contributed by atoms with van der Waals surface area (Å²) in [5, 5.41) is 4.73. The van der Waals surface area contributed by atoms with E-state index >= 15 is 0 Å². The van der Waals surface area contributed by atoms with E-state index in [-0.39, 0.29) is 11.2 Å². The molecule has 0 aliphatic heterocycles. The summed E-state index contributed by atoms with van der Waals surface area (Å²) in [5.74, 6) is 0. The van der Waals surface area contributed by atoms with Gasteiger partial charge < -0.3 is 4.74 Å². The highest BCUT2D eigenvalue weighted by atomic mass is 32.2. The van der Waals surface area contributed by atoms with E-state index in [1.807, 2.05) is 61.3 Å². The number of rotatable bonds is 7. The molecule has 118 valence electrons. The van der Waals surface area contributed by atoms with Crippen LogP contribution in [0.3, 0.4) is 0 Å². The fraction of sp³-hybridized carbons (Fsp3) is 0.412. The Labute approximate surface area is 135 Å². The van der Waals surface area contributed by atoms with Gasteiger partial charge in [-0.1, -0.05) is 36.0 Å². The number of benzene rings is 1. The van der Waals surface area contributed by atoms with Gasteiger partial charge in [0.2, 0.25) is 0 Å². The van der Waals surface area contributed by atoms with E-state index in [0.29, 0.717) is 13.0 Å². The summed E-state index contributed by atoms with van der Waals surface area (Å²) >= 11 is 1.27. The zero-order chi connectivity index (χ0) is 15.9. The lowest BCUT2D eigenvalue weighted by molar-refractivity contribution is -0.110. The molecule has 0 unspecified atom stereocenters. The fourth-order valence-corrected chi connectivity index (χ4v) is 2.37. The fourth-order valence-electron chi connectivity index (χ4n) is 2.05. The van der Waals surface area contributed by atoms with Crippen molar-refractivity contribution in [3.63, 3.8) is 0 Å². The highest BCUT2D eigenvalue weighted by molar-refractivity contribution is 8.13. The first kappa shape index (κ1) is 16.8. The van der Waals surface area contributed by atoms with Crippen LogP contribution in [0.15, 0.2) is 36.5 Å². The van der Waals surface area contributed by atoms with Gasteiger partial charge in [-0.2, -0.15) is 5.10 Å². The normalized spacial score (nSPS) is 11.1. The van der Waals surface area contributed by atoms with Crippen LogP contribution in [0.4, 0.5) is 0 Å². The molecule has 0 spiro atoms. The van der Waals surface area contributed by atoms with Crippen LogP contribution in [0.5, 0.6) is 0 Å². The Kier molecular flexibility index (Phi) is 6.21. The zero-order valence-electron chi connectivity index (χ0n) is 13.3. The van der Waals surface area contributed by atoms with Gasteiger partial charge in [-0.15, -0.1) is 0 Å². The number of carbonyl (C=O) groups excluding carboxylic acids is 1. The number of nitrogens with zero attached hydrogens (tertiary/aromatic N) is 2. The van der Waals surface area contributed by atoms with Gasteiger partial charge in [-0.05, 0) is 31.7 Å². The Balaban J connectivity index is 1.97. The summed E-state index contributed by atoms with van der Waals surface area (Å²) in [7, 11) is 0. The van der Waals surface area contributed by atoms with Crippen molar-refractivity contribution in [1.29, 1.82) is 0 Å². The molecule has 0 atom stereocenters. The number of hydrogen-bond acceptors (Lipinski definition) is 4. The topological polar surface area (TPSA) is 44.1 Å². The van der Waals surface area contributed by atoms with Gasteiger partial charge >= 0.3 is 0 Å². The third-order valence-corrected chi connectivity index (χ3v) is 3.84. The Morgan fingerprint density at radius 3 is 2.64 bits per heavy atom. The molecule has 5 heteroatoms. The Hall–Kier alpha value is -1.59. The van der Waals surface area contributed by atoms with Crippen LogP contribution in [-0.2, 0) is 22.5 Å². The first-order valence-electron chi connectivity index (χ1n) is 7.39. The lowest BCUT2D eigenvalue weighted by Crippen LogP contribution is -2.10. The quantitative estimate of drug-likeness (QED) is 0.785. The molecule has 1 heterocycles. The Bertz CT molecular complexity index is 605. The van der Waals surface area contributed by atoms with Gasteiger partial charge in [-0.3, -0.25) is 9.48 Å². The Morgan fingerprint density at radius 2 is 2.00 bits per heavy atom. The largest absolute Gasteiger partial charge is 0.377 e. The predicted molar refractivity (Wildman–Crippen MR) is 91.0 cm³/mol. The molecular weight excluding hydrogens is 296 g/mol. The molecule has 0 N–H and O–H groups in total. The van der Waals surface area contributed by atoms with Gasteiger partial charge in [-0.25, -0.2) is 0 Å². The van der Waals surface area contributed by atoms with Crippen molar-refractivity contribution in [2.75, 3.05) is 12.9 Å². The van der Waals surface area contributed by atoms with Crippen molar-refractivity contribution >= 4 is 16.9 Å². The maximum atomic E-state index is 11.4. The summed E-state index contributed by atoms with van der Waals surface area (Å²) in [6, 6.07) is 10.0. The molecule has 2 rings (SSSR count). The molecular formula is C17H22N2O2S. The van der Waals surface area contributed by atoms with E-state index in [1.165, 1.54) is 11.8 Å². The van der Waals surface area contributed by atoms with Crippen molar-refractivity contribution < 1.29 is 9.53 Å². The van der Waals surface area contributed by atoms with Crippen LogP contribution in [0.2, 0.25) is 0 Å². The average molecular weight is 318 g/mol. The molecule has 22 heavy (non-hydrogen) atoms. The van der Waals surface area contributed by atoms with E-state index in [4.69, 9.17) is 4.74 Å². The van der Waals surface area contributed by atoms with Crippen molar-refractivity contribution in [3.05, 3.63) is 42.1 Å². The van der Waals surface area contributed by atoms with Crippen LogP contribution >= 0.6 is 11.8 Å². The molecule has 0 aliphatic rings. The van der Waals surface area contributed by atoms with Gasteiger partial charge in [0.15, 0.2) is 5.12 Å². The third kappa shape index (κ3) is 5.00. The molecule has 0 fully saturated rings. The SMILES string of the molecule is CSC(=O)Cc1ccc(-c2ccn(CCOC(C)C)n2)cc1. The van der Waals surface area contributed by atoms with Gasteiger partial charge in [0.1, 0.15) is 0 Å². The second kappa shape index (κ2) is 8.15. The summed E-state index contributed by atoms with van der Waals surface area (Å²) in [4.78, 5) is 11.4. The zero-order valence-corrected chi connectivity index (χ0v) is 14.1. The number of carbonyl (C=O) groups is 1. The van der Waals surface area contributed by atoms with Crippen molar-refractivity contribution in [1.82, 2.24) is 9.78 Å². The molecule has 0 bridgehead atoms. The first-order chi connectivity index (χ1) is 10.6. The van der Waals surface area contributed by atoms with E-state index in [0.717, 1.165) is 23.4 Å². The number of hydrogen-bond donors (Lipinski definition) is 0. The summed E-state index contributed by atoms with van der Waals surface area (Å²) < 4.78 is 7.42. The molecule has 1 aromatic carbocycles. The van der Waals surface area contributed by atoms with Crippen LogP contribution < -0.4 is 0 Å². The smallest absolute Gasteiger partial charge is 0.193 e. The molecule has 0 saturated carbocycles. The van der Waals surface area contributed by atoms with E-state index in [1.54, 1.807) is 0 Å².